The van der Waals surface area contributed by atoms with Crippen molar-refractivity contribution >= 4 is 17.7 Å². The average Bonchev–Trinajstić information content (AvgIpc) is 2.05. The normalized spacial score (nSPS) is 15.1. The van der Waals surface area contributed by atoms with Crippen molar-refractivity contribution in [1.29, 1.82) is 0 Å². The van der Waals surface area contributed by atoms with Gasteiger partial charge >= 0.3 is 5.97 Å². The molecule has 0 saturated heterocycles. The van der Waals surface area contributed by atoms with Gasteiger partial charge in [-0.3, -0.25) is 4.79 Å². The average molecular weight is 205 g/mol. The van der Waals surface area contributed by atoms with Gasteiger partial charge in [0.05, 0.1) is 11.9 Å². The van der Waals surface area contributed by atoms with Gasteiger partial charge in [-0.05, 0) is 26.8 Å². The molecule has 78 valence electrons. The first-order valence-corrected chi connectivity index (χ1v) is 5.58. The Morgan fingerprint density at radius 1 is 1.54 bits per heavy atom. The molecular weight excluding hydrogens is 186 g/mol. The highest BCUT2D eigenvalue weighted by Gasteiger charge is 2.17. The zero-order valence-electron chi connectivity index (χ0n) is 8.58. The molecule has 0 aromatic rings. The SMILES string of the molecule is CCOC(=O)C(C)SC(C)CCN. The zero-order chi connectivity index (χ0) is 10.3. The van der Waals surface area contributed by atoms with Gasteiger partial charge in [0, 0.05) is 5.25 Å². The lowest BCUT2D eigenvalue weighted by molar-refractivity contribution is -0.142. The number of nitrogens with two attached hydrogens (primary N) is 1. The van der Waals surface area contributed by atoms with Crippen LogP contribution in [-0.4, -0.2) is 29.6 Å². The van der Waals surface area contributed by atoms with Gasteiger partial charge in [0.1, 0.15) is 0 Å². The molecule has 2 N–H and O–H groups in total. The molecule has 3 nitrogen and oxygen atoms in total. The van der Waals surface area contributed by atoms with Gasteiger partial charge in [-0.25, -0.2) is 0 Å². The summed E-state index contributed by atoms with van der Waals surface area (Å²) >= 11 is 1.62. The van der Waals surface area contributed by atoms with E-state index in [0.717, 1.165) is 6.42 Å². The number of thioether (sulfide) groups is 1. The maximum atomic E-state index is 11.2. The number of hydrogen-bond acceptors (Lipinski definition) is 4. The first-order valence-electron chi connectivity index (χ1n) is 4.64. The van der Waals surface area contributed by atoms with Crippen molar-refractivity contribution < 1.29 is 9.53 Å². The van der Waals surface area contributed by atoms with Crippen LogP contribution in [0.1, 0.15) is 27.2 Å². The molecule has 0 aliphatic carbocycles. The Morgan fingerprint density at radius 3 is 2.62 bits per heavy atom. The van der Waals surface area contributed by atoms with Crippen LogP contribution in [-0.2, 0) is 9.53 Å². The molecule has 13 heavy (non-hydrogen) atoms. The summed E-state index contributed by atoms with van der Waals surface area (Å²) in [7, 11) is 0. The van der Waals surface area contributed by atoms with Crippen molar-refractivity contribution in [2.75, 3.05) is 13.2 Å². The fourth-order valence-electron chi connectivity index (χ4n) is 0.966. The Morgan fingerprint density at radius 2 is 2.15 bits per heavy atom. The van der Waals surface area contributed by atoms with Gasteiger partial charge in [0.25, 0.3) is 0 Å². The molecule has 0 spiro atoms. The molecule has 0 fully saturated rings. The number of ether oxygens (including phenoxy) is 1. The molecule has 0 aliphatic rings. The van der Waals surface area contributed by atoms with Crippen molar-refractivity contribution in [3.8, 4) is 0 Å². The van der Waals surface area contributed by atoms with E-state index in [-0.39, 0.29) is 11.2 Å². The van der Waals surface area contributed by atoms with Crippen LogP contribution < -0.4 is 5.73 Å². The van der Waals surface area contributed by atoms with E-state index in [1.807, 2.05) is 13.8 Å². The van der Waals surface area contributed by atoms with Gasteiger partial charge < -0.3 is 10.5 Å². The molecule has 2 atom stereocenters. The summed E-state index contributed by atoms with van der Waals surface area (Å²) in [6, 6.07) is 0. The Kier molecular flexibility index (Phi) is 7.09. The van der Waals surface area contributed by atoms with E-state index in [4.69, 9.17) is 10.5 Å². The third-order valence-corrected chi connectivity index (χ3v) is 2.93. The van der Waals surface area contributed by atoms with Crippen LogP contribution in [0.25, 0.3) is 0 Å². The summed E-state index contributed by atoms with van der Waals surface area (Å²) in [6.45, 7) is 6.89. The maximum absolute atomic E-state index is 11.2. The van der Waals surface area contributed by atoms with Crippen LogP contribution >= 0.6 is 11.8 Å². The summed E-state index contributed by atoms with van der Waals surface area (Å²) < 4.78 is 4.89. The second-order valence-electron chi connectivity index (χ2n) is 2.92. The molecule has 0 amide bonds. The van der Waals surface area contributed by atoms with Crippen LogP contribution in [0.5, 0.6) is 0 Å². The Labute approximate surface area is 84.4 Å². The number of carbonyl (C=O) groups excluding carboxylic acids is 1. The monoisotopic (exact) mass is 205 g/mol. The summed E-state index contributed by atoms with van der Waals surface area (Å²) in [5.74, 6) is -0.128. The minimum Gasteiger partial charge on any atom is -0.465 e. The molecule has 0 rings (SSSR count). The lowest BCUT2D eigenvalue weighted by Crippen LogP contribution is -2.20. The molecule has 0 saturated carbocycles. The Hall–Kier alpha value is -0.220. The summed E-state index contributed by atoms with van der Waals surface area (Å²) in [5.41, 5.74) is 5.41. The highest BCUT2D eigenvalue weighted by molar-refractivity contribution is 8.01. The molecule has 0 aromatic carbocycles. The van der Waals surface area contributed by atoms with Gasteiger partial charge in [0.15, 0.2) is 0 Å². The largest absolute Gasteiger partial charge is 0.465 e. The fraction of sp³-hybridized carbons (Fsp3) is 0.889. The first kappa shape index (κ1) is 12.8. The minimum atomic E-state index is -0.128. The molecule has 0 heterocycles. The Bertz CT molecular complexity index is 153. The van der Waals surface area contributed by atoms with Crippen LogP contribution in [0.3, 0.4) is 0 Å². The minimum absolute atomic E-state index is 0.0819. The van der Waals surface area contributed by atoms with Gasteiger partial charge in [-0.2, -0.15) is 0 Å². The predicted octanol–water partition coefficient (Wildman–Crippen LogP) is 1.41. The van der Waals surface area contributed by atoms with E-state index in [2.05, 4.69) is 6.92 Å². The molecule has 0 aromatic heterocycles. The summed E-state index contributed by atoms with van der Waals surface area (Å²) in [6.07, 6.45) is 0.939. The van der Waals surface area contributed by atoms with Gasteiger partial charge in [-0.1, -0.05) is 6.92 Å². The number of esters is 1. The lowest BCUT2D eigenvalue weighted by Gasteiger charge is -2.14. The van der Waals surface area contributed by atoms with Crippen LogP contribution in [0.15, 0.2) is 0 Å². The Balaban J connectivity index is 3.71. The highest BCUT2D eigenvalue weighted by atomic mass is 32.2. The standard InChI is InChI=1S/C9H19NO2S/c1-4-12-9(11)8(3)13-7(2)5-6-10/h7-8H,4-6,10H2,1-3H3. The van der Waals surface area contributed by atoms with Crippen molar-refractivity contribution in [1.82, 2.24) is 0 Å². The maximum Gasteiger partial charge on any atom is 0.318 e. The van der Waals surface area contributed by atoms with E-state index < -0.39 is 0 Å². The van der Waals surface area contributed by atoms with E-state index in [1.165, 1.54) is 0 Å². The van der Waals surface area contributed by atoms with Crippen molar-refractivity contribution in [2.24, 2.45) is 5.73 Å². The van der Waals surface area contributed by atoms with E-state index in [0.29, 0.717) is 18.4 Å². The van der Waals surface area contributed by atoms with Crippen LogP contribution in [0.4, 0.5) is 0 Å². The lowest BCUT2D eigenvalue weighted by atomic mass is 10.3. The molecule has 0 aliphatic heterocycles. The number of carbonyl (C=O) groups is 1. The topological polar surface area (TPSA) is 52.3 Å². The second-order valence-corrected chi connectivity index (χ2v) is 4.70. The molecule has 4 heteroatoms. The second kappa shape index (κ2) is 7.21. The highest BCUT2D eigenvalue weighted by Crippen LogP contribution is 2.20. The van der Waals surface area contributed by atoms with E-state index in [1.54, 1.807) is 11.8 Å². The first-order chi connectivity index (χ1) is 6.11. The third-order valence-electron chi connectivity index (χ3n) is 1.63. The smallest absolute Gasteiger partial charge is 0.318 e. The van der Waals surface area contributed by atoms with Crippen LogP contribution in [0, 0.1) is 0 Å². The summed E-state index contributed by atoms with van der Waals surface area (Å²) in [4.78, 5) is 11.2. The fourth-order valence-corrected chi connectivity index (χ4v) is 2.11. The third kappa shape index (κ3) is 5.93. The number of hydrogen-bond donors (Lipinski definition) is 1. The quantitative estimate of drug-likeness (QED) is 0.666. The number of rotatable bonds is 6. The molecular formula is C9H19NO2S. The van der Waals surface area contributed by atoms with Crippen molar-refractivity contribution in [2.45, 2.75) is 37.7 Å². The van der Waals surface area contributed by atoms with E-state index >= 15 is 0 Å². The van der Waals surface area contributed by atoms with Crippen molar-refractivity contribution in [3.05, 3.63) is 0 Å². The molecule has 0 radical (unpaired) electrons. The van der Waals surface area contributed by atoms with Gasteiger partial charge in [-0.15, -0.1) is 11.8 Å². The zero-order valence-corrected chi connectivity index (χ0v) is 9.39. The summed E-state index contributed by atoms with van der Waals surface area (Å²) in [5, 5.41) is 0.339. The van der Waals surface area contributed by atoms with E-state index in [9.17, 15) is 4.79 Å². The molecule has 2 unspecified atom stereocenters. The van der Waals surface area contributed by atoms with Crippen LogP contribution in [0.2, 0.25) is 0 Å². The molecule has 0 bridgehead atoms. The van der Waals surface area contributed by atoms with Crippen molar-refractivity contribution in [3.63, 3.8) is 0 Å². The predicted molar refractivity (Wildman–Crippen MR) is 56.8 cm³/mol. The van der Waals surface area contributed by atoms with Gasteiger partial charge in [0.2, 0.25) is 0 Å².